The minimum Gasteiger partial charge on any atom is -0.480 e. The van der Waals surface area contributed by atoms with E-state index in [9.17, 15) is 39.0 Å². The van der Waals surface area contributed by atoms with Gasteiger partial charge in [0.15, 0.2) is 0 Å². The molecular formula is C34H62N6O8. The Kier molecular flexibility index (Phi) is 18.7. The third-order valence-corrected chi connectivity index (χ3v) is 9.87. The molecule has 1 aliphatic carbocycles. The van der Waals surface area contributed by atoms with Crippen LogP contribution in [0.3, 0.4) is 0 Å². The van der Waals surface area contributed by atoms with Gasteiger partial charge in [-0.1, -0.05) is 92.9 Å². The van der Waals surface area contributed by atoms with Crippen LogP contribution in [-0.4, -0.2) is 88.1 Å². The highest BCUT2D eigenvalue weighted by Crippen LogP contribution is 2.27. The van der Waals surface area contributed by atoms with Crippen molar-refractivity contribution < 1.29 is 39.0 Å². The Morgan fingerprint density at radius 3 is 1.52 bits per heavy atom. The fraction of sp³-hybridized carbons (Fsp3) is 0.824. The lowest BCUT2D eigenvalue weighted by Gasteiger charge is -2.30. The molecule has 0 saturated heterocycles. The number of nitrogens with one attached hydrogen (secondary N) is 5. The summed E-state index contributed by atoms with van der Waals surface area (Å²) in [5.41, 5.74) is 6.07. The van der Waals surface area contributed by atoms with Gasteiger partial charge in [0.1, 0.15) is 30.2 Å². The number of hydrogen-bond acceptors (Lipinski definition) is 8. The number of carbonyl (C=O) groups is 6. The van der Waals surface area contributed by atoms with Crippen LogP contribution in [0.4, 0.5) is 0 Å². The zero-order valence-corrected chi connectivity index (χ0v) is 30.1. The number of carbonyl (C=O) groups excluding carboxylic acids is 5. The number of aliphatic carboxylic acids is 1. The number of hydrogen-bond donors (Lipinski definition) is 8. The van der Waals surface area contributed by atoms with E-state index < -0.39 is 83.8 Å². The molecule has 0 aromatic rings. The van der Waals surface area contributed by atoms with Gasteiger partial charge in [0.25, 0.3) is 0 Å². The maximum absolute atomic E-state index is 13.5. The molecule has 9 N–H and O–H groups in total. The second-order valence-electron chi connectivity index (χ2n) is 13.8. The summed E-state index contributed by atoms with van der Waals surface area (Å²) in [6.45, 7) is 13.7. The number of amides is 5. The van der Waals surface area contributed by atoms with Crippen molar-refractivity contribution in [1.29, 1.82) is 0 Å². The summed E-state index contributed by atoms with van der Waals surface area (Å²) in [4.78, 5) is 78.0. The average Bonchev–Trinajstić information content (AvgIpc) is 3.06. The van der Waals surface area contributed by atoms with Crippen molar-refractivity contribution in [3.8, 4) is 0 Å². The normalized spacial score (nSPS) is 19.9. The first-order chi connectivity index (χ1) is 22.5. The maximum atomic E-state index is 13.5. The molecule has 14 heteroatoms. The lowest BCUT2D eigenvalue weighted by Crippen LogP contribution is -2.62. The lowest BCUT2D eigenvalue weighted by molar-refractivity contribution is -0.143. The molecule has 0 heterocycles. The van der Waals surface area contributed by atoms with E-state index in [4.69, 9.17) is 5.73 Å². The van der Waals surface area contributed by atoms with Gasteiger partial charge in [-0.15, -0.1) is 0 Å². The number of carboxylic acid groups (broad SMARTS) is 1. The third-order valence-electron chi connectivity index (χ3n) is 9.87. The first-order valence-electron chi connectivity index (χ1n) is 17.7. The number of aliphatic hydroxyl groups is 1. The van der Waals surface area contributed by atoms with Gasteiger partial charge in [0.05, 0.1) is 12.1 Å². The van der Waals surface area contributed by atoms with E-state index in [1.165, 1.54) is 13.8 Å². The zero-order chi connectivity index (χ0) is 36.7. The smallest absolute Gasteiger partial charge is 0.326 e. The lowest BCUT2D eigenvalue weighted by atomic mass is 9.84. The fourth-order valence-electron chi connectivity index (χ4n) is 5.70. The summed E-state index contributed by atoms with van der Waals surface area (Å²) in [7, 11) is 0. The van der Waals surface area contributed by atoms with E-state index >= 15 is 0 Å². The number of aliphatic hydroxyl groups excluding tert-OH is 1. The first-order valence-corrected chi connectivity index (χ1v) is 17.7. The third kappa shape index (κ3) is 13.3. The molecule has 0 spiro atoms. The largest absolute Gasteiger partial charge is 0.480 e. The molecule has 0 bridgehead atoms. The van der Waals surface area contributed by atoms with Crippen LogP contribution in [0.1, 0.15) is 113 Å². The monoisotopic (exact) mass is 682 g/mol. The zero-order valence-electron chi connectivity index (χ0n) is 30.1. The summed E-state index contributed by atoms with van der Waals surface area (Å²) in [5.74, 6) is -5.12. The summed E-state index contributed by atoms with van der Waals surface area (Å²) < 4.78 is 0. The Morgan fingerprint density at radius 2 is 1.06 bits per heavy atom. The second kappa shape index (κ2) is 21.0. The van der Waals surface area contributed by atoms with Crippen LogP contribution in [0, 0.1) is 23.7 Å². The van der Waals surface area contributed by atoms with Crippen molar-refractivity contribution in [3.05, 3.63) is 0 Å². The van der Waals surface area contributed by atoms with Crippen LogP contribution >= 0.6 is 0 Å². The van der Waals surface area contributed by atoms with Gasteiger partial charge in [0.2, 0.25) is 29.5 Å². The van der Waals surface area contributed by atoms with Crippen LogP contribution in [-0.2, 0) is 28.8 Å². The van der Waals surface area contributed by atoms with Crippen molar-refractivity contribution in [2.45, 2.75) is 156 Å². The Balaban J connectivity index is 3.02. The van der Waals surface area contributed by atoms with E-state index in [0.717, 1.165) is 32.1 Å². The quantitative estimate of drug-likeness (QED) is 0.0925. The van der Waals surface area contributed by atoms with Crippen LogP contribution < -0.4 is 32.3 Å². The van der Waals surface area contributed by atoms with E-state index in [-0.39, 0.29) is 24.2 Å². The Labute approximate surface area is 285 Å². The molecule has 14 nitrogen and oxygen atoms in total. The Hall–Kier alpha value is -3.26. The molecule has 0 aromatic heterocycles. The highest BCUT2D eigenvalue weighted by Gasteiger charge is 2.36. The Bertz CT molecular complexity index is 1080. The van der Waals surface area contributed by atoms with Gasteiger partial charge in [-0.2, -0.15) is 0 Å². The average molecular weight is 683 g/mol. The van der Waals surface area contributed by atoms with Gasteiger partial charge in [-0.25, -0.2) is 4.79 Å². The number of carboxylic acids is 1. The van der Waals surface area contributed by atoms with Crippen molar-refractivity contribution in [2.24, 2.45) is 29.4 Å². The molecule has 276 valence electrons. The Morgan fingerprint density at radius 1 is 0.625 bits per heavy atom. The molecular weight excluding hydrogens is 620 g/mol. The highest BCUT2D eigenvalue weighted by molar-refractivity contribution is 5.96. The summed E-state index contributed by atoms with van der Waals surface area (Å²) in [6, 6.07) is -6.65. The van der Waals surface area contributed by atoms with Crippen LogP contribution in [0.5, 0.6) is 0 Å². The number of nitrogens with two attached hydrogens (primary N) is 1. The van der Waals surface area contributed by atoms with Crippen molar-refractivity contribution in [2.75, 3.05) is 0 Å². The summed E-state index contributed by atoms with van der Waals surface area (Å²) >= 11 is 0. The van der Waals surface area contributed by atoms with Crippen LogP contribution in [0.15, 0.2) is 0 Å². The van der Waals surface area contributed by atoms with Crippen LogP contribution in [0.2, 0.25) is 0 Å². The molecule has 1 aliphatic rings. The summed E-state index contributed by atoms with van der Waals surface area (Å²) in [6.07, 6.45) is 5.47. The van der Waals surface area contributed by atoms with Gasteiger partial charge in [-0.05, 0) is 43.9 Å². The van der Waals surface area contributed by atoms with E-state index in [1.54, 1.807) is 13.8 Å². The molecule has 0 aliphatic heterocycles. The molecule has 0 unspecified atom stereocenters. The first kappa shape index (κ1) is 42.8. The molecule has 1 rings (SSSR count). The topological polar surface area (TPSA) is 229 Å². The van der Waals surface area contributed by atoms with E-state index in [0.29, 0.717) is 19.3 Å². The molecule has 0 radical (unpaired) electrons. The maximum Gasteiger partial charge on any atom is 0.326 e. The molecule has 5 amide bonds. The van der Waals surface area contributed by atoms with Gasteiger partial charge < -0.3 is 42.5 Å². The van der Waals surface area contributed by atoms with E-state index in [2.05, 4.69) is 26.6 Å². The standard InChI is InChI=1S/C34H62N6O8/c1-9-18(4)25(35)30(43)39-26(19(5)10-2)31(44)36-21(7)29(42)38-27(20(6)11-3)32(45)40-28(22(8)41)33(46)37-24(34(47)48)17-23-15-13-12-14-16-23/h18-28,41H,9-17,35H2,1-8H3,(H,36,44)(H,37,46)(H,38,42)(H,39,43)(H,40,45)(H,47,48)/t18-,19-,20-,21-,22+,24-,25-,26-,27-,28-/m0/s1. The van der Waals surface area contributed by atoms with Gasteiger partial charge in [0, 0.05) is 0 Å². The second-order valence-corrected chi connectivity index (χ2v) is 13.8. The molecule has 48 heavy (non-hydrogen) atoms. The highest BCUT2D eigenvalue weighted by atomic mass is 16.4. The predicted octanol–water partition coefficient (Wildman–Crippen LogP) is 1.33. The predicted molar refractivity (Wildman–Crippen MR) is 182 cm³/mol. The van der Waals surface area contributed by atoms with Crippen molar-refractivity contribution in [3.63, 3.8) is 0 Å². The number of rotatable bonds is 20. The molecule has 1 fully saturated rings. The van der Waals surface area contributed by atoms with Crippen molar-refractivity contribution >= 4 is 35.5 Å². The van der Waals surface area contributed by atoms with Crippen molar-refractivity contribution in [1.82, 2.24) is 26.6 Å². The van der Waals surface area contributed by atoms with Gasteiger partial charge >= 0.3 is 5.97 Å². The molecule has 10 atom stereocenters. The SMILES string of the molecule is CC[C@H](C)[C@H](N)C(=O)N[C@H](C(=O)N[C@@H](C)C(=O)N[C@H](C(=O)N[C@H](C(=O)N[C@@H](CC1CCCCC1)C(=O)O)[C@@H](C)O)[C@@H](C)CC)[C@@H](C)CC. The minimum absolute atomic E-state index is 0.0985. The molecule has 0 aromatic carbocycles. The minimum atomic E-state index is -1.48. The van der Waals surface area contributed by atoms with Gasteiger partial charge in [-0.3, -0.25) is 24.0 Å². The van der Waals surface area contributed by atoms with E-state index in [1.807, 2.05) is 27.7 Å². The van der Waals surface area contributed by atoms with Crippen LogP contribution in [0.25, 0.3) is 0 Å². The molecule has 1 saturated carbocycles. The summed E-state index contributed by atoms with van der Waals surface area (Å²) in [5, 5.41) is 33.2. The fourth-order valence-corrected chi connectivity index (χ4v) is 5.70.